The number of alkyl halides is 3. The van der Waals surface area contributed by atoms with Gasteiger partial charge in [-0.15, -0.1) is 0 Å². The van der Waals surface area contributed by atoms with Gasteiger partial charge in [0.2, 0.25) is 0 Å². The summed E-state index contributed by atoms with van der Waals surface area (Å²) in [6.45, 7) is 1.50. The molecule has 5 nitrogen and oxygen atoms in total. The number of benzene rings is 2. The van der Waals surface area contributed by atoms with Crippen molar-refractivity contribution in [3.8, 4) is 0 Å². The third-order valence-corrected chi connectivity index (χ3v) is 4.91. The Morgan fingerprint density at radius 3 is 2.34 bits per heavy atom. The number of nitrogens with one attached hydrogen (secondary N) is 3. The van der Waals surface area contributed by atoms with Gasteiger partial charge in [0.15, 0.2) is 0 Å². The van der Waals surface area contributed by atoms with Gasteiger partial charge in [0.1, 0.15) is 0 Å². The van der Waals surface area contributed by atoms with E-state index in [2.05, 4.69) is 16.0 Å². The minimum absolute atomic E-state index is 0.0500. The first-order valence-corrected chi connectivity index (χ1v) is 9.04. The van der Waals surface area contributed by atoms with E-state index in [9.17, 15) is 22.8 Å². The highest BCUT2D eigenvalue weighted by Gasteiger charge is 2.34. The van der Waals surface area contributed by atoms with Crippen molar-refractivity contribution in [3.05, 3.63) is 74.9 Å². The molecule has 1 aliphatic heterocycles. The molecule has 0 saturated heterocycles. The number of hydrogen-bond donors (Lipinski definition) is 3. The Morgan fingerprint density at radius 2 is 1.72 bits per heavy atom. The molecule has 2 aromatic carbocycles. The van der Waals surface area contributed by atoms with E-state index < -0.39 is 29.7 Å². The Kier molecular flexibility index (Phi) is 5.77. The molecule has 1 heterocycles. The third kappa shape index (κ3) is 4.49. The number of anilines is 1. The van der Waals surface area contributed by atoms with Crippen molar-refractivity contribution in [3.63, 3.8) is 0 Å². The van der Waals surface area contributed by atoms with Gasteiger partial charge in [-0.3, -0.25) is 4.79 Å². The lowest BCUT2D eigenvalue weighted by Crippen LogP contribution is -2.46. The fraction of sp³-hybridized carbons (Fsp3) is 0.158. The van der Waals surface area contributed by atoms with Crippen molar-refractivity contribution in [1.29, 1.82) is 0 Å². The second-order valence-electron chi connectivity index (χ2n) is 6.24. The molecule has 0 aromatic heterocycles. The number of carbonyl (C=O) groups is 2. The first kappa shape index (κ1) is 21.0. The molecule has 152 valence electrons. The van der Waals surface area contributed by atoms with Crippen LogP contribution in [0.1, 0.15) is 24.1 Å². The summed E-state index contributed by atoms with van der Waals surface area (Å²) in [7, 11) is 0. The molecule has 1 unspecified atom stereocenters. The van der Waals surface area contributed by atoms with Crippen molar-refractivity contribution in [1.82, 2.24) is 10.6 Å². The van der Waals surface area contributed by atoms with Crippen LogP contribution < -0.4 is 16.0 Å². The lowest BCUT2D eigenvalue weighted by molar-refractivity contribution is -0.137. The van der Waals surface area contributed by atoms with E-state index in [4.69, 9.17) is 23.2 Å². The highest BCUT2D eigenvalue weighted by molar-refractivity contribution is 6.36. The second-order valence-corrected chi connectivity index (χ2v) is 7.05. The molecule has 3 N–H and O–H groups in total. The molecule has 0 bridgehead atoms. The maximum absolute atomic E-state index is 12.9. The quantitative estimate of drug-likeness (QED) is 0.603. The SMILES string of the molecule is CC1=C(C(=O)Nc2cccc(C(F)(F)F)c2)C(c2c(Cl)cccc2Cl)NC(=O)N1. The summed E-state index contributed by atoms with van der Waals surface area (Å²) < 4.78 is 38.8. The number of allylic oxidation sites excluding steroid dienone is 1. The predicted molar refractivity (Wildman–Crippen MR) is 104 cm³/mol. The van der Waals surface area contributed by atoms with E-state index in [0.29, 0.717) is 5.56 Å². The molecule has 1 atom stereocenters. The molecule has 1 aliphatic rings. The fourth-order valence-electron chi connectivity index (χ4n) is 2.97. The lowest BCUT2D eigenvalue weighted by atomic mass is 9.94. The Labute approximate surface area is 173 Å². The van der Waals surface area contributed by atoms with E-state index in [1.54, 1.807) is 18.2 Å². The molecule has 0 spiro atoms. The molecule has 10 heteroatoms. The van der Waals surface area contributed by atoms with Gasteiger partial charge in [-0.05, 0) is 37.3 Å². The van der Waals surface area contributed by atoms with Crippen LogP contribution in [-0.4, -0.2) is 11.9 Å². The third-order valence-electron chi connectivity index (χ3n) is 4.25. The van der Waals surface area contributed by atoms with Gasteiger partial charge in [-0.25, -0.2) is 4.79 Å². The number of hydrogen-bond acceptors (Lipinski definition) is 2. The summed E-state index contributed by atoms with van der Waals surface area (Å²) in [6.07, 6.45) is -4.55. The zero-order chi connectivity index (χ0) is 21.3. The highest BCUT2D eigenvalue weighted by Crippen LogP contribution is 2.37. The van der Waals surface area contributed by atoms with Gasteiger partial charge in [-0.1, -0.05) is 35.3 Å². The fourth-order valence-corrected chi connectivity index (χ4v) is 3.59. The predicted octanol–water partition coefficient (Wildman–Crippen LogP) is 5.28. The van der Waals surface area contributed by atoms with Crippen LogP contribution in [0.4, 0.5) is 23.7 Å². The number of urea groups is 1. The molecule has 3 rings (SSSR count). The largest absolute Gasteiger partial charge is 0.416 e. The number of carbonyl (C=O) groups excluding carboxylic acids is 2. The molecule has 29 heavy (non-hydrogen) atoms. The normalized spacial score (nSPS) is 16.9. The minimum atomic E-state index is -4.55. The summed E-state index contributed by atoms with van der Waals surface area (Å²) in [4.78, 5) is 24.9. The molecule has 2 aromatic rings. The van der Waals surface area contributed by atoms with Gasteiger partial charge in [0, 0.05) is 27.0 Å². The van der Waals surface area contributed by atoms with Crippen LogP contribution in [0.25, 0.3) is 0 Å². The van der Waals surface area contributed by atoms with E-state index in [1.807, 2.05) is 0 Å². The molecule has 3 amide bonds. The molecular formula is C19H14Cl2F3N3O2. The van der Waals surface area contributed by atoms with Gasteiger partial charge >= 0.3 is 12.2 Å². The van der Waals surface area contributed by atoms with Crippen LogP contribution in [0.5, 0.6) is 0 Å². The average Bonchev–Trinajstić information content (AvgIpc) is 2.60. The van der Waals surface area contributed by atoms with Gasteiger partial charge in [0.25, 0.3) is 5.91 Å². The maximum atomic E-state index is 12.9. The van der Waals surface area contributed by atoms with E-state index in [0.717, 1.165) is 12.1 Å². The second kappa shape index (κ2) is 7.96. The highest BCUT2D eigenvalue weighted by atomic mass is 35.5. The van der Waals surface area contributed by atoms with Crippen molar-refractivity contribution in [2.75, 3.05) is 5.32 Å². The van der Waals surface area contributed by atoms with Gasteiger partial charge < -0.3 is 16.0 Å². The Bertz CT molecular complexity index is 1000. The van der Waals surface area contributed by atoms with Crippen LogP contribution in [0, 0.1) is 0 Å². The van der Waals surface area contributed by atoms with Crippen molar-refractivity contribution in [2.45, 2.75) is 19.1 Å². The van der Waals surface area contributed by atoms with E-state index >= 15 is 0 Å². The van der Waals surface area contributed by atoms with Crippen LogP contribution >= 0.6 is 23.2 Å². The number of amides is 3. The zero-order valence-electron chi connectivity index (χ0n) is 14.8. The van der Waals surface area contributed by atoms with Crippen LogP contribution in [-0.2, 0) is 11.0 Å². The molecule has 0 saturated carbocycles. The monoisotopic (exact) mass is 443 g/mol. The maximum Gasteiger partial charge on any atom is 0.416 e. The molecular weight excluding hydrogens is 430 g/mol. The average molecular weight is 444 g/mol. The first-order chi connectivity index (χ1) is 13.6. The standard InChI is InChI=1S/C19H14Cl2F3N3O2/c1-9-14(17(28)26-11-5-2-4-10(8-11)19(22,23)24)16(27-18(29)25-9)15-12(20)6-3-7-13(15)21/h2-8,16H,1H3,(H,26,28)(H2,25,27,29). The van der Waals surface area contributed by atoms with Crippen LogP contribution in [0.2, 0.25) is 10.0 Å². The molecule has 0 aliphatic carbocycles. The Balaban J connectivity index is 1.99. The summed E-state index contributed by atoms with van der Waals surface area (Å²) in [5.41, 5.74) is -0.358. The summed E-state index contributed by atoms with van der Waals surface area (Å²) in [5.74, 6) is -0.713. The molecule has 0 fully saturated rings. The van der Waals surface area contributed by atoms with Crippen LogP contribution in [0.3, 0.4) is 0 Å². The van der Waals surface area contributed by atoms with Gasteiger partial charge in [-0.2, -0.15) is 13.2 Å². The summed E-state index contributed by atoms with van der Waals surface area (Å²) >= 11 is 12.4. The smallest absolute Gasteiger partial charge is 0.327 e. The van der Waals surface area contributed by atoms with Gasteiger partial charge in [0.05, 0.1) is 17.2 Å². The van der Waals surface area contributed by atoms with Crippen molar-refractivity contribution < 1.29 is 22.8 Å². The minimum Gasteiger partial charge on any atom is -0.327 e. The number of halogens is 5. The number of rotatable bonds is 3. The van der Waals surface area contributed by atoms with Crippen LogP contribution in [0.15, 0.2) is 53.7 Å². The Hall–Kier alpha value is -2.71. The summed E-state index contributed by atoms with van der Waals surface area (Å²) in [6, 6.07) is 7.38. The van der Waals surface area contributed by atoms with E-state index in [-0.39, 0.29) is 27.0 Å². The zero-order valence-corrected chi connectivity index (χ0v) is 16.3. The Morgan fingerprint density at radius 1 is 1.10 bits per heavy atom. The summed E-state index contributed by atoms with van der Waals surface area (Å²) in [5, 5.41) is 7.93. The van der Waals surface area contributed by atoms with Crippen molar-refractivity contribution >= 4 is 40.8 Å². The molecule has 0 radical (unpaired) electrons. The lowest BCUT2D eigenvalue weighted by Gasteiger charge is -2.29. The van der Waals surface area contributed by atoms with E-state index in [1.165, 1.54) is 19.1 Å². The first-order valence-electron chi connectivity index (χ1n) is 8.28. The topological polar surface area (TPSA) is 70.2 Å². The van der Waals surface area contributed by atoms with Crippen molar-refractivity contribution in [2.24, 2.45) is 0 Å².